The molecule has 0 N–H and O–H groups in total. The van der Waals surface area contributed by atoms with Crippen LogP contribution in [0.2, 0.25) is 5.02 Å². The molecule has 2 aromatic carbocycles. The predicted octanol–water partition coefficient (Wildman–Crippen LogP) is 5.41. The number of anilines is 2. The van der Waals surface area contributed by atoms with Gasteiger partial charge in [-0.1, -0.05) is 47.9 Å². The van der Waals surface area contributed by atoms with Crippen LogP contribution in [0.1, 0.15) is 55.6 Å². The first kappa shape index (κ1) is 32.0. The van der Waals surface area contributed by atoms with Gasteiger partial charge in [-0.2, -0.15) is 15.0 Å². The second-order valence-corrected chi connectivity index (χ2v) is 14.4. The molecule has 3 fully saturated rings. The second-order valence-electron chi connectivity index (χ2n) is 14.0. The summed E-state index contributed by atoms with van der Waals surface area (Å²) in [5, 5.41) is 6.84. The molecule has 6 heterocycles. The topological polar surface area (TPSA) is 104 Å². The predicted molar refractivity (Wildman–Crippen MR) is 190 cm³/mol. The van der Waals surface area contributed by atoms with Gasteiger partial charge in [0.1, 0.15) is 12.4 Å². The van der Waals surface area contributed by atoms with E-state index in [4.69, 9.17) is 30.8 Å². The molecule has 0 aliphatic carbocycles. The van der Waals surface area contributed by atoms with Gasteiger partial charge >= 0.3 is 6.01 Å². The van der Waals surface area contributed by atoms with Crippen LogP contribution in [0.3, 0.4) is 0 Å². The molecule has 8 rings (SSSR count). The van der Waals surface area contributed by atoms with Crippen molar-refractivity contribution in [3.63, 3.8) is 0 Å². The summed E-state index contributed by atoms with van der Waals surface area (Å²) in [6, 6.07) is 12.9. The summed E-state index contributed by atoms with van der Waals surface area (Å²) >= 11 is 6.75. The Hall–Kier alpha value is -4.22. The number of likely N-dealkylation sites (tertiary alicyclic amines) is 1. The number of fused-ring (bicyclic) bond motifs is 3. The Labute approximate surface area is 291 Å². The van der Waals surface area contributed by atoms with Gasteiger partial charge in [-0.25, -0.2) is 0 Å². The summed E-state index contributed by atoms with van der Waals surface area (Å²) < 4.78 is 11.7. The smallest absolute Gasteiger partial charge is 0.318 e. The highest BCUT2D eigenvalue weighted by atomic mass is 35.5. The molecule has 0 spiro atoms. The molecule has 256 valence electrons. The lowest BCUT2D eigenvalue weighted by atomic mass is 9.95. The summed E-state index contributed by atoms with van der Waals surface area (Å²) in [5.41, 5.74) is 3.39. The number of ether oxygens (including phenoxy) is 1. The van der Waals surface area contributed by atoms with E-state index in [0.717, 1.165) is 65.6 Å². The van der Waals surface area contributed by atoms with E-state index >= 15 is 0 Å². The fourth-order valence-corrected chi connectivity index (χ4v) is 8.52. The number of benzene rings is 2. The Morgan fingerprint density at radius 2 is 1.90 bits per heavy atom. The Morgan fingerprint density at radius 3 is 2.67 bits per heavy atom. The van der Waals surface area contributed by atoms with Crippen molar-refractivity contribution in [2.24, 2.45) is 5.92 Å². The van der Waals surface area contributed by atoms with Crippen molar-refractivity contribution in [2.75, 3.05) is 62.7 Å². The van der Waals surface area contributed by atoms with Crippen LogP contribution in [0.25, 0.3) is 16.8 Å². The summed E-state index contributed by atoms with van der Waals surface area (Å²) in [6.07, 6.45) is 9.38. The first-order chi connectivity index (χ1) is 23.9. The molecule has 4 aliphatic heterocycles. The van der Waals surface area contributed by atoms with E-state index in [1.807, 2.05) is 24.0 Å². The van der Waals surface area contributed by atoms with Gasteiger partial charge in [-0.15, -0.1) is 0 Å². The van der Waals surface area contributed by atoms with Gasteiger partial charge in [0.25, 0.3) is 5.89 Å². The maximum atomic E-state index is 12.8. The van der Waals surface area contributed by atoms with Crippen LogP contribution in [-0.4, -0.2) is 94.3 Å². The Morgan fingerprint density at radius 1 is 1.10 bits per heavy atom. The third-order valence-corrected chi connectivity index (χ3v) is 11.1. The van der Waals surface area contributed by atoms with Gasteiger partial charge in [0.05, 0.1) is 22.8 Å². The van der Waals surface area contributed by atoms with Gasteiger partial charge in [0.15, 0.2) is 5.82 Å². The van der Waals surface area contributed by atoms with Gasteiger partial charge in [0, 0.05) is 74.4 Å². The monoisotopic (exact) mass is 682 g/mol. The number of aromatic nitrogens is 4. The van der Waals surface area contributed by atoms with E-state index in [1.165, 1.54) is 37.3 Å². The number of rotatable bonds is 10. The molecule has 0 radical (unpaired) electrons. The van der Waals surface area contributed by atoms with E-state index in [0.29, 0.717) is 56.3 Å². The molecule has 0 atom stereocenters. The SMILES string of the molecule is CCc1noc(/C=C/C(=O)N2CC(CN(C)c3nc(OCC45CCCN4CCC5)nc4c3CCN(c3cccc5cccc(Cl)c35)C4)C2)n1. The summed E-state index contributed by atoms with van der Waals surface area (Å²) in [4.78, 5) is 36.3. The Bertz CT molecular complexity index is 1870. The zero-order chi connectivity index (χ0) is 33.5. The summed E-state index contributed by atoms with van der Waals surface area (Å²) in [6.45, 7) is 8.50. The number of hydrogen-bond donors (Lipinski definition) is 0. The fourth-order valence-electron chi connectivity index (χ4n) is 8.24. The summed E-state index contributed by atoms with van der Waals surface area (Å²) in [7, 11) is 2.10. The summed E-state index contributed by atoms with van der Waals surface area (Å²) in [5.74, 6) is 2.18. The molecule has 4 aromatic rings. The lowest BCUT2D eigenvalue weighted by Crippen LogP contribution is -2.53. The molecule has 4 aliphatic rings. The number of carbonyl (C=O) groups excluding carboxylic acids is 1. The average Bonchev–Trinajstić information content (AvgIpc) is 3.83. The standard InChI is InChI=1S/C37H43ClN8O3/c1-3-31-40-32(49-42-31)12-13-33(47)45-21-25(22-45)20-43(2)35-27-14-19-44(30-11-5-9-26-8-4-10-28(38)34(26)30)23-29(27)39-36(41-35)48-24-37-15-6-17-46(37)18-7-16-37/h4-5,8-13,25H,3,6-7,14-24H2,1-2H3/b13-12+. The van der Waals surface area contributed by atoms with Crippen LogP contribution >= 0.6 is 11.6 Å². The fraction of sp³-hybridized carbons (Fsp3) is 0.486. The highest BCUT2D eigenvalue weighted by molar-refractivity contribution is 6.36. The maximum absolute atomic E-state index is 12.8. The lowest BCUT2D eigenvalue weighted by Gasteiger charge is -2.41. The minimum atomic E-state index is -0.0499. The number of amides is 1. The van der Waals surface area contributed by atoms with Crippen LogP contribution in [0.5, 0.6) is 6.01 Å². The quantitative estimate of drug-likeness (QED) is 0.202. The number of carbonyl (C=O) groups is 1. The third kappa shape index (κ3) is 6.23. The average molecular weight is 683 g/mol. The zero-order valence-electron chi connectivity index (χ0n) is 28.3. The van der Waals surface area contributed by atoms with Crippen LogP contribution in [0.4, 0.5) is 11.5 Å². The molecular formula is C37H43ClN8O3. The molecule has 0 unspecified atom stereocenters. The molecule has 0 saturated carbocycles. The van der Waals surface area contributed by atoms with E-state index in [2.05, 4.69) is 56.2 Å². The minimum absolute atomic E-state index is 0.0499. The normalized spacial score (nSPS) is 19.0. The van der Waals surface area contributed by atoms with Crippen molar-refractivity contribution in [2.45, 2.75) is 57.5 Å². The number of halogens is 1. The number of aryl methyl sites for hydroxylation is 1. The van der Waals surface area contributed by atoms with E-state index in [9.17, 15) is 4.79 Å². The van der Waals surface area contributed by atoms with Gasteiger partial charge < -0.3 is 24.0 Å². The van der Waals surface area contributed by atoms with Crippen LogP contribution in [0.15, 0.2) is 47.0 Å². The lowest BCUT2D eigenvalue weighted by molar-refractivity contribution is -0.131. The molecular weight excluding hydrogens is 640 g/mol. The highest BCUT2D eigenvalue weighted by Crippen LogP contribution is 2.40. The van der Waals surface area contributed by atoms with E-state index in [-0.39, 0.29) is 11.4 Å². The third-order valence-electron chi connectivity index (χ3n) is 10.8. The molecule has 0 bridgehead atoms. The molecule has 11 nitrogen and oxygen atoms in total. The number of hydrogen-bond acceptors (Lipinski definition) is 10. The molecule has 49 heavy (non-hydrogen) atoms. The first-order valence-electron chi connectivity index (χ1n) is 17.6. The van der Waals surface area contributed by atoms with E-state index < -0.39 is 0 Å². The first-order valence-corrected chi connectivity index (χ1v) is 18.0. The largest absolute Gasteiger partial charge is 0.461 e. The van der Waals surface area contributed by atoms with Gasteiger partial charge in [-0.3, -0.25) is 9.69 Å². The molecule has 12 heteroatoms. The molecule has 3 saturated heterocycles. The van der Waals surface area contributed by atoms with Gasteiger partial charge in [-0.05, 0) is 62.7 Å². The van der Waals surface area contributed by atoms with Crippen LogP contribution < -0.4 is 14.5 Å². The highest BCUT2D eigenvalue weighted by Gasteiger charge is 2.45. The van der Waals surface area contributed by atoms with Crippen molar-refractivity contribution < 1.29 is 14.1 Å². The van der Waals surface area contributed by atoms with Crippen LogP contribution in [-0.2, 0) is 24.2 Å². The van der Waals surface area contributed by atoms with Crippen LogP contribution in [0, 0.1) is 5.92 Å². The van der Waals surface area contributed by atoms with Crippen molar-refractivity contribution in [3.05, 3.63) is 70.5 Å². The molecule has 1 amide bonds. The zero-order valence-corrected chi connectivity index (χ0v) is 29.0. The minimum Gasteiger partial charge on any atom is -0.461 e. The van der Waals surface area contributed by atoms with Gasteiger partial charge in [0.2, 0.25) is 5.91 Å². The second kappa shape index (κ2) is 13.2. The van der Waals surface area contributed by atoms with Crippen molar-refractivity contribution >= 4 is 45.9 Å². The van der Waals surface area contributed by atoms with Crippen molar-refractivity contribution in [1.29, 1.82) is 0 Å². The maximum Gasteiger partial charge on any atom is 0.318 e. The Kier molecular flexibility index (Phi) is 8.65. The van der Waals surface area contributed by atoms with Crippen molar-refractivity contribution in [3.8, 4) is 6.01 Å². The number of nitrogens with zero attached hydrogens (tertiary/aromatic N) is 8. The Balaban J connectivity index is 1.01. The van der Waals surface area contributed by atoms with E-state index in [1.54, 1.807) is 6.08 Å². The molecule has 2 aromatic heterocycles. The van der Waals surface area contributed by atoms with Crippen molar-refractivity contribution in [1.82, 2.24) is 29.9 Å².